The number of carbonyl (C=O) groups excluding carboxylic acids is 1. The van der Waals surface area contributed by atoms with Crippen LogP contribution < -0.4 is 14.8 Å². The molecule has 1 aromatic carbocycles. The Morgan fingerprint density at radius 2 is 1.95 bits per heavy atom. The molecular weight excluding hydrogens is 282 g/mol. The Balaban J connectivity index is 2.22. The Morgan fingerprint density at radius 3 is 2.59 bits per heavy atom. The van der Waals surface area contributed by atoms with Crippen LogP contribution >= 0.6 is 0 Å². The number of hydrogen-bond acceptors (Lipinski definition) is 4. The minimum atomic E-state index is -0.210. The van der Waals surface area contributed by atoms with Gasteiger partial charge in [0.15, 0.2) is 11.5 Å². The van der Waals surface area contributed by atoms with Crippen LogP contribution in [0, 0.1) is 6.92 Å². The van der Waals surface area contributed by atoms with Crippen LogP contribution in [0.15, 0.2) is 24.3 Å². The molecule has 2 aromatic rings. The van der Waals surface area contributed by atoms with Crippen LogP contribution in [0.3, 0.4) is 0 Å². The molecule has 1 N–H and O–H groups in total. The molecule has 0 bridgehead atoms. The van der Waals surface area contributed by atoms with E-state index in [4.69, 9.17) is 9.47 Å². The summed E-state index contributed by atoms with van der Waals surface area (Å²) < 4.78 is 12.2. The molecule has 1 heterocycles. The van der Waals surface area contributed by atoms with E-state index in [0.29, 0.717) is 22.9 Å². The first-order valence-corrected chi connectivity index (χ1v) is 7.16. The predicted octanol–water partition coefficient (Wildman–Crippen LogP) is 2.87. The first-order valence-electron chi connectivity index (χ1n) is 7.16. The Hall–Kier alpha value is -2.50. The second-order valence-electron chi connectivity index (χ2n) is 4.92. The van der Waals surface area contributed by atoms with Crippen LogP contribution in [0.1, 0.15) is 29.4 Å². The topological polar surface area (TPSA) is 65.4 Å². The summed E-state index contributed by atoms with van der Waals surface area (Å²) in [5, 5.41) is 7.25. The third-order valence-electron chi connectivity index (χ3n) is 3.22. The van der Waals surface area contributed by atoms with Crippen molar-refractivity contribution in [3.05, 3.63) is 35.5 Å². The number of anilines is 1. The molecule has 0 atom stereocenters. The van der Waals surface area contributed by atoms with Crippen molar-refractivity contribution in [2.24, 2.45) is 0 Å². The minimum absolute atomic E-state index is 0.210. The first-order chi connectivity index (χ1) is 10.6. The van der Waals surface area contributed by atoms with Gasteiger partial charge in [-0.05, 0) is 31.5 Å². The number of nitrogens with one attached hydrogen (secondary N) is 1. The van der Waals surface area contributed by atoms with Crippen molar-refractivity contribution in [3.8, 4) is 11.5 Å². The highest BCUT2D eigenvalue weighted by Gasteiger charge is 2.13. The highest BCUT2D eigenvalue weighted by atomic mass is 16.5. The summed E-state index contributed by atoms with van der Waals surface area (Å²) in [6.45, 7) is 4.73. The zero-order chi connectivity index (χ0) is 16.1. The Morgan fingerprint density at radius 1 is 1.23 bits per heavy atom. The quantitative estimate of drug-likeness (QED) is 0.891. The zero-order valence-corrected chi connectivity index (χ0v) is 13.3. The molecule has 22 heavy (non-hydrogen) atoms. The summed E-state index contributed by atoms with van der Waals surface area (Å²) in [6, 6.07) is 6.92. The maximum Gasteiger partial charge on any atom is 0.256 e. The molecule has 0 radical (unpaired) electrons. The van der Waals surface area contributed by atoms with E-state index in [0.717, 1.165) is 18.7 Å². The molecule has 1 aromatic heterocycles. The number of nitrogens with zero attached hydrogens (tertiary/aromatic N) is 2. The van der Waals surface area contributed by atoms with Crippen molar-refractivity contribution in [2.75, 3.05) is 19.5 Å². The lowest BCUT2D eigenvalue weighted by Crippen LogP contribution is -2.16. The number of amides is 1. The monoisotopic (exact) mass is 303 g/mol. The molecule has 0 saturated heterocycles. The minimum Gasteiger partial charge on any atom is -0.493 e. The smallest absolute Gasteiger partial charge is 0.256 e. The normalized spacial score (nSPS) is 10.4. The lowest BCUT2D eigenvalue weighted by molar-refractivity contribution is 0.102. The summed E-state index contributed by atoms with van der Waals surface area (Å²) in [7, 11) is 3.10. The fourth-order valence-electron chi connectivity index (χ4n) is 2.19. The van der Waals surface area contributed by atoms with Gasteiger partial charge in [-0.25, -0.2) is 4.68 Å². The van der Waals surface area contributed by atoms with E-state index < -0.39 is 0 Å². The Labute approximate surface area is 130 Å². The van der Waals surface area contributed by atoms with Crippen molar-refractivity contribution in [1.82, 2.24) is 9.78 Å². The lowest BCUT2D eigenvalue weighted by atomic mass is 10.2. The van der Waals surface area contributed by atoms with Crippen LogP contribution in [-0.2, 0) is 6.54 Å². The maximum absolute atomic E-state index is 12.4. The largest absolute Gasteiger partial charge is 0.493 e. The molecule has 6 nitrogen and oxygen atoms in total. The van der Waals surface area contributed by atoms with E-state index >= 15 is 0 Å². The van der Waals surface area contributed by atoms with E-state index in [-0.39, 0.29) is 5.91 Å². The van der Waals surface area contributed by atoms with Gasteiger partial charge in [0.1, 0.15) is 5.82 Å². The van der Waals surface area contributed by atoms with Crippen LogP contribution in [0.5, 0.6) is 11.5 Å². The predicted molar refractivity (Wildman–Crippen MR) is 84.8 cm³/mol. The molecule has 0 saturated carbocycles. The molecule has 0 unspecified atom stereocenters. The average molecular weight is 303 g/mol. The van der Waals surface area contributed by atoms with Crippen LogP contribution in [0.2, 0.25) is 0 Å². The fraction of sp³-hybridized carbons (Fsp3) is 0.375. The van der Waals surface area contributed by atoms with Crippen LogP contribution in [0.4, 0.5) is 5.82 Å². The van der Waals surface area contributed by atoms with Crippen LogP contribution in [0.25, 0.3) is 0 Å². The van der Waals surface area contributed by atoms with Gasteiger partial charge in [-0.3, -0.25) is 4.79 Å². The SMILES string of the molecule is CCCn1nc(C)cc1NC(=O)c1ccc(OC)c(OC)c1. The van der Waals surface area contributed by atoms with Gasteiger partial charge in [0.05, 0.1) is 19.9 Å². The van der Waals surface area contributed by atoms with Gasteiger partial charge in [0.25, 0.3) is 5.91 Å². The molecular formula is C16H21N3O3. The summed E-state index contributed by atoms with van der Waals surface area (Å²) >= 11 is 0. The van der Waals surface area contributed by atoms with Gasteiger partial charge < -0.3 is 14.8 Å². The number of hydrogen-bond donors (Lipinski definition) is 1. The summed E-state index contributed by atoms with van der Waals surface area (Å²) in [6.07, 6.45) is 0.945. The molecule has 0 fully saturated rings. The molecule has 0 aliphatic carbocycles. The van der Waals surface area contributed by atoms with Gasteiger partial charge in [-0.2, -0.15) is 5.10 Å². The van der Waals surface area contributed by atoms with Crippen molar-refractivity contribution < 1.29 is 14.3 Å². The van der Waals surface area contributed by atoms with E-state index in [1.807, 2.05) is 13.0 Å². The molecule has 2 rings (SSSR count). The highest BCUT2D eigenvalue weighted by molar-refractivity contribution is 6.04. The van der Waals surface area contributed by atoms with Crippen molar-refractivity contribution in [2.45, 2.75) is 26.8 Å². The molecule has 6 heteroatoms. The Bertz CT molecular complexity index is 665. The highest BCUT2D eigenvalue weighted by Crippen LogP contribution is 2.27. The van der Waals surface area contributed by atoms with Gasteiger partial charge in [0, 0.05) is 18.2 Å². The third kappa shape index (κ3) is 3.39. The van der Waals surface area contributed by atoms with Crippen molar-refractivity contribution >= 4 is 11.7 Å². The molecule has 1 amide bonds. The number of aryl methyl sites for hydroxylation is 2. The van der Waals surface area contributed by atoms with Crippen LogP contribution in [-0.4, -0.2) is 29.9 Å². The van der Waals surface area contributed by atoms with Gasteiger partial charge in [-0.15, -0.1) is 0 Å². The number of carbonyl (C=O) groups is 1. The molecule has 0 spiro atoms. The summed E-state index contributed by atoms with van der Waals surface area (Å²) in [5.74, 6) is 1.59. The number of methoxy groups -OCH3 is 2. The maximum atomic E-state index is 12.4. The molecule has 0 aliphatic rings. The summed E-state index contributed by atoms with van der Waals surface area (Å²) in [5.41, 5.74) is 1.37. The van der Waals surface area contributed by atoms with Crippen molar-refractivity contribution in [3.63, 3.8) is 0 Å². The Kier molecular flexibility index (Phi) is 5.04. The zero-order valence-electron chi connectivity index (χ0n) is 13.3. The van der Waals surface area contributed by atoms with E-state index in [1.54, 1.807) is 37.1 Å². The second-order valence-corrected chi connectivity index (χ2v) is 4.92. The average Bonchev–Trinajstić information content (AvgIpc) is 2.86. The lowest BCUT2D eigenvalue weighted by Gasteiger charge is -2.11. The van der Waals surface area contributed by atoms with Gasteiger partial charge in [0.2, 0.25) is 0 Å². The van der Waals surface area contributed by atoms with Gasteiger partial charge >= 0.3 is 0 Å². The van der Waals surface area contributed by atoms with Gasteiger partial charge in [-0.1, -0.05) is 6.92 Å². The van der Waals surface area contributed by atoms with E-state index in [1.165, 1.54) is 0 Å². The molecule has 118 valence electrons. The number of ether oxygens (including phenoxy) is 2. The third-order valence-corrected chi connectivity index (χ3v) is 3.22. The standard InChI is InChI=1S/C16H21N3O3/c1-5-8-19-15(9-11(2)18-19)17-16(20)12-6-7-13(21-3)14(10-12)22-4/h6-7,9-10H,5,8H2,1-4H3,(H,17,20). The van der Waals surface area contributed by atoms with E-state index in [9.17, 15) is 4.79 Å². The fourth-order valence-corrected chi connectivity index (χ4v) is 2.19. The number of benzene rings is 1. The second kappa shape index (κ2) is 6.98. The van der Waals surface area contributed by atoms with E-state index in [2.05, 4.69) is 17.3 Å². The number of aromatic nitrogens is 2. The van der Waals surface area contributed by atoms with Crippen molar-refractivity contribution in [1.29, 1.82) is 0 Å². The number of rotatable bonds is 6. The molecule has 0 aliphatic heterocycles. The summed E-state index contributed by atoms with van der Waals surface area (Å²) in [4.78, 5) is 12.4. The first kappa shape index (κ1) is 15.9.